The molecule has 0 aliphatic heterocycles. The minimum Gasteiger partial charge on any atom is -0.484 e. The molecule has 3 N–H and O–H groups in total. The summed E-state index contributed by atoms with van der Waals surface area (Å²) in [5, 5.41) is 20.0. The van der Waals surface area contributed by atoms with Crippen LogP contribution in [0.15, 0.2) is 48.5 Å². The molecule has 0 fully saturated rings. The third-order valence-electron chi connectivity index (χ3n) is 3.85. The fraction of sp³-hybridized carbons (Fsp3) is 0.381. The van der Waals surface area contributed by atoms with Crippen LogP contribution in [0, 0.1) is 10.1 Å². The molecule has 2 rings (SSSR count). The van der Waals surface area contributed by atoms with Gasteiger partial charge in [-0.15, -0.1) is 12.4 Å². The Morgan fingerprint density at radius 2 is 1.67 bits per heavy atom. The Labute approximate surface area is 183 Å². The summed E-state index contributed by atoms with van der Waals surface area (Å²) >= 11 is 0. The summed E-state index contributed by atoms with van der Waals surface area (Å²) in [4.78, 5) is 22.0. The summed E-state index contributed by atoms with van der Waals surface area (Å²) in [5.74, 6) is 0.501. The molecule has 0 bridgehead atoms. The molecule has 0 radical (unpaired) electrons. The van der Waals surface area contributed by atoms with Crippen molar-refractivity contribution in [2.24, 2.45) is 0 Å². The second-order valence-electron chi connectivity index (χ2n) is 7.64. The normalized spacial score (nSPS) is 10.6. The molecule has 164 valence electrons. The highest BCUT2D eigenvalue weighted by Crippen LogP contribution is 2.15. The number of hydrogen-bond donors (Lipinski definition) is 3. The summed E-state index contributed by atoms with van der Waals surface area (Å²) in [6, 6.07) is 13.9. The topological polar surface area (TPSA) is 106 Å². The van der Waals surface area contributed by atoms with Gasteiger partial charge in [0.25, 0.3) is 11.6 Å². The molecule has 1 amide bonds. The number of nitro groups is 1. The Kier molecular flexibility index (Phi) is 10.1. The highest BCUT2D eigenvalue weighted by atomic mass is 35.5. The predicted molar refractivity (Wildman–Crippen MR) is 120 cm³/mol. The molecule has 0 unspecified atom stereocenters. The number of nitrogens with zero attached hydrogens (tertiary/aromatic N) is 1. The average molecular weight is 437 g/mol. The monoisotopic (exact) mass is 436 g/mol. The van der Waals surface area contributed by atoms with Crippen LogP contribution in [0.25, 0.3) is 0 Å². The van der Waals surface area contributed by atoms with E-state index in [0.717, 1.165) is 17.8 Å². The fourth-order valence-corrected chi connectivity index (χ4v) is 2.54. The van der Waals surface area contributed by atoms with Crippen LogP contribution in [0.4, 0.5) is 11.4 Å². The van der Waals surface area contributed by atoms with Crippen molar-refractivity contribution < 1.29 is 14.5 Å². The molecule has 0 heterocycles. The molecule has 30 heavy (non-hydrogen) atoms. The van der Waals surface area contributed by atoms with E-state index in [1.807, 2.05) is 45.0 Å². The number of ether oxygens (including phenoxy) is 1. The van der Waals surface area contributed by atoms with Gasteiger partial charge in [0.2, 0.25) is 0 Å². The molecule has 2 aromatic carbocycles. The van der Waals surface area contributed by atoms with E-state index in [0.29, 0.717) is 18.8 Å². The van der Waals surface area contributed by atoms with Crippen LogP contribution in [-0.2, 0) is 11.3 Å². The van der Waals surface area contributed by atoms with Gasteiger partial charge < -0.3 is 20.7 Å². The highest BCUT2D eigenvalue weighted by molar-refractivity contribution is 5.85. The van der Waals surface area contributed by atoms with E-state index in [1.54, 1.807) is 12.1 Å². The van der Waals surface area contributed by atoms with Crippen molar-refractivity contribution in [1.29, 1.82) is 0 Å². The van der Waals surface area contributed by atoms with Crippen LogP contribution in [0.3, 0.4) is 0 Å². The van der Waals surface area contributed by atoms with E-state index in [9.17, 15) is 14.9 Å². The molecule has 0 aromatic heterocycles. The molecule has 0 saturated carbocycles. The molecule has 0 spiro atoms. The largest absolute Gasteiger partial charge is 0.484 e. The SMILES string of the molecule is CC(C)(C)NC(=O)COc1ccc(CNCCNc2ccc([N+](=O)[O-])cc2)cc1.Cl. The maximum atomic E-state index is 11.8. The number of benzene rings is 2. The second-order valence-corrected chi connectivity index (χ2v) is 7.64. The van der Waals surface area contributed by atoms with E-state index < -0.39 is 4.92 Å². The standard InChI is InChI=1S/C21H28N4O4.ClH/c1-21(2,3)24-20(26)15-29-19-10-4-16(5-11-19)14-22-12-13-23-17-6-8-18(9-7-17)25(27)28;/h4-11,22-23H,12-15H2,1-3H3,(H,24,26);1H. The number of amides is 1. The van der Waals surface area contributed by atoms with Gasteiger partial charge in [0.05, 0.1) is 4.92 Å². The zero-order valence-corrected chi connectivity index (χ0v) is 18.3. The van der Waals surface area contributed by atoms with Gasteiger partial charge >= 0.3 is 0 Å². The molecule has 8 nitrogen and oxygen atoms in total. The lowest BCUT2D eigenvalue weighted by Crippen LogP contribution is -2.43. The number of carbonyl (C=O) groups is 1. The van der Waals surface area contributed by atoms with Crippen molar-refractivity contribution in [2.45, 2.75) is 32.9 Å². The van der Waals surface area contributed by atoms with Crippen molar-refractivity contribution in [1.82, 2.24) is 10.6 Å². The van der Waals surface area contributed by atoms with Gasteiger partial charge in [-0.1, -0.05) is 12.1 Å². The molecule has 0 aliphatic carbocycles. The van der Waals surface area contributed by atoms with Crippen LogP contribution in [-0.4, -0.2) is 36.1 Å². The molecule has 0 aliphatic rings. The van der Waals surface area contributed by atoms with E-state index in [-0.39, 0.29) is 36.1 Å². The maximum Gasteiger partial charge on any atom is 0.269 e. The first-order chi connectivity index (χ1) is 13.7. The van der Waals surface area contributed by atoms with Gasteiger partial charge in [-0.05, 0) is 50.6 Å². The summed E-state index contributed by atoms with van der Waals surface area (Å²) in [7, 11) is 0. The third kappa shape index (κ3) is 9.58. The van der Waals surface area contributed by atoms with Gasteiger partial charge in [0.15, 0.2) is 6.61 Å². The Bertz CT molecular complexity index is 805. The summed E-state index contributed by atoms with van der Waals surface area (Å²) in [6.45, 7) is 7.90. The summed E-state index contributed by atoms with van der Waals surface area (Å²) < 4.78 is 5.50. The predicted octanol–water partition coefficient (Wildman–Crippen LogP) is 3.51. The van der Waals surface area contributed by atoms with Crippen LogP contribution >= 0.6 is 12.4 Å². The highest BCUT2D eigenvalue weighted by Gasteiger charge is 2.13. The Balaban J connectivity index is 0.00000450. The Hall–Kier alpha value is -2.84. The summed E-state index contributed by atoms with van der Waals surface area (Å²) in [5.41, 5.74) is 1.75. The minimum atomic E-state index is -0.414. The Morgan fingerprint density at radius 3 is 2.23 bits per heavy atom. The van der Waals surface area contributed by atoms with E-state index in [2.05, 4.69) is 16.0 Å². The van der Waals surface area contributed by atoms with Crippen LogP contribution in [0.1, 0.15) is 26.3 Å². The average Bonchev–Trinajstić information content (AvgIpc) is 2.66. The number of carbonyl (C=O) groups excluding carboxylic acids is 1. The molecule has 0 saturated heterocycles. The quantitative estimate of drug-likeness (QED) is 0.299. The number of rotatable bonds is 10. The lowest BCUT2D eigenvalue weighted by atomic mass is 10.1. The molecular formula is C21H29ClN4O4. The molecular weight excluding hydrogens is 408 g/mol. The maximum absolute atomic E-state index is 11.8. The Morgan fingerprint density at radius 1 is 1.03 bits per heavy atom. The fourth-order valence-electron chi connectivity index (χ4n) is 2.54. The molecule has 9 heteroatoms. The second kappa shape index (κ2) is 12.0. The van der Waals surface area contributed by atoms with Gasteiger partial charge in [0.1, 0.15) is 5.75 Å². The van der Waals surface area contributed by atoms with Gasteiger partial charge in [-0.2, -0.15) is 0 Å². The number of nitro benzene ring substituents is 1. The van der Waals surface area contributed by atoms with E-state index in [4.69, 9.17) is 4.74 Å². The van der Waals surface area contributed by atoms with Crippen molar-refractivity contribution in [3.05, 3.63) is 64.2 Å². The van der Waals surface area contributed by atoms with Crippen LogP contribution < -0.4 is 20.7 Å². The number of hydrogen-bond acceptors (Lipinski definition) is 6. The van der Waals surface area contributed by atoms with Crippen molar-refractivity contribution in [3.63, 3.8) is 0 Å². The van der Waals surface area contributed by atoms with Crippen molar-refractivity contribution >= 4 is 29.7 Å². The van der Waals surface area contributed by atoms with Gasteiger partial charge in [-0.3, -0.25) is 14.9 Å². The first-order valence-corrected chi connectivity index (χ1v) is 9.45. The summed E-state index contributed by atoms with van der Waals surface area (Å²) in [6.07, 6.45) is 0. The van der Waals surface area contributed by atoms with Crippen LogP contribution in [0.2, 0.25) is 0 Å². The number of nitrogens with one attached hydrogen (secondary N) is 3. The lowest BCUT2D eigenvalue weighted by molar-refractivity contribution is -0.384. The first kappa shape index (κ1) is 25.2. The van der Waals surface area contributed by atoms with E-state index >= 15 is 0 Å². The lowest BCUT2D eigenvalue weighted by Gasteiger charge is -2.20. The number of non-ortho nitro benzene ring substituents is 1. The minimum absolute atomic E-state index is 0. The zero-order valence-electron chi connectivity index (χ0n) is 17.4. The molecule has 0 atom stereocenters. The van der Waals surface area contributed by atoms with Crippen molar-refractivity contribution in [2.75, 3.05) is 25.0 Å². The number of halogens is 1. The van der Waals surface area contributed by atoms with E-state index in [1.165, 1.54) is 12.1 Å². The van der Waals surface area contributed by atoms with Crippen molar-refractivity contribution in [3.8, 4) is 5.75 Å². The third-order valence-corrected chi connectivity index (χ3v) is 3.85. The first-order valence-electron chi connectivity index (χ1n) is 9.45. The van der Waals surface area contributed by atoms with Gasteiger partial charge in [0, 0.05) is 43.0 Å². The van der Waals surface area contributed by atoms with Gasteiger partial charge in [-0.25, -0.2) is 0 Å². The smallest absolute Gasteiger partial charge is 0.269 e. The van der Waals surface area contributed by atoms with Crippen LogP contribution in [0.5, 0.6) is 5.75 Å². The zero-order chi connectivity index (χ0) is 21.3. The number of anilines is 1. The molecule has 2 aromatic rings.